The number of aromatic nitrogens is 1. The van der Waals surface area contributed by atoms with Crippen molar-refractivity contribution in [2.75, 3.05) is 26.4 Å². The molecule has 0 aromatic carbocycles. The van der Waals surface area contributed by atoms with E-state index in [1.165, 1.54) is 0 Å². The van der Waals surface area contributed by atoms with Gasteiger partial charge in [-0.15, -0.1) is 0 Å². The molecule has 0 spiro atoms. The normalized spacial score (nSPS) is 17.3. The van der Waals surface area contributed by atoms with Crippen molar-refractivity contribution in [3.8, 4) is 5.88 Å². The van der Waals surface area contributed by atoms with E-state index in [1.807, 2.05) is 0 Å². The first kappa shape index (κ1) is 15.2. The molecule has 1 N–H and O–H groups in total. The Morgan fingerprint density at radius 1 is 1.52 bits per heavy atom. The molecule has 1 aliphatic heterocycles. The molecular weight excluding hydrogens is 276 g/mol. The Morgan fingerprint density at radius 3 is 3.10 bits per heavy atom. The monoisotopic (exact) mass is 294 g/mol. The zero-order chi connectivity index (χ0) is 15.1. The number of nitrogens with one attached hydrogen (secondary N) is 1. The minimum Gasteiger partial charge on any atom is -0.471 e. The van der Waals surface area contributed by atoms with Crippen LogP contribution in [-0.2, 0) is 14.3 Å². The van der Waals surface area contributed by atoms with Gasteiger partial charge in [0.25, 0.3) is 5.91 Å². The van der Waals surface area contributed by atoms with Gasteiger partial charge in [-0.2, -0.15) is 0 Å². The van der Waals surface area contributed by atoms with Crippen LogP contribution in [0.5, 0.6) is 5.88 Å². The fourth-order valence-electron chi connectivity index (χ4n) is 1.88. The lowest BCUT2D eigenvalue weighted by molar-refractivity contribution is -0.141. The Bertz CT molecular complexity index is 500. The molecule has 1 amide bonds. The zero-order valence-corrected chi connectivity index (χ0v) is 11.8. The topological polar surface area (TPSA) is 86.8 Å². The molecule has 1 aromatic rings. The maximum atomic E-state index is 12.1. The maximum absolute atomic E-state index is 12.1. The number of pyridine rings is 1. The molecule has 1 atom stereocenters. The van der Waals surface area contributed by atoms with Crippen molar-refractivity contribution in [2.45, 2.75) is 19.4 Å². The van der Waals surface area contributed by atoms with E-state index >= 15 is 0 Å². The standard InChI is InChI=1S/C14H18N2O5/c1-2-20-12(17)8-16-13(18)11-4-3-6-15-14(11)21-10-5-7-19-9-10/h3-4,6,10H,2,5,7-9H2,1H3,(H,16,18)/t10-/m1/s1. The number of ether oxygens (including phenoxy) is 3. The summed E-state index contributed by atoms with van der Waals surface area (Å²) in [6.45, 7) is 2.92. The second-order valence-electron chi connectivity index (χ2n) is 4.45. The molecule has 2 rings (SSSR count). The minimum absolute atomic E-state index is 0.100. The molecule has 114 valence electrons. The second-order valence-corrected chi connectivity index (χ2v) is 4.45. The van der Waals surface area contributed by atoms with E-state index in [9.17, 15) is 9.59 Å². The first-order valence-corrected chi connectivity index (χ1v) is 6.84. The molecule has 0 bridgehead atoms. The van der Waals surface area contributed by atoms with Gasteiger partial charge in [0.1, 0.15) is 18.2 Å². The van der Waals surface area contributed by atoms with Gasteiger partial charge in [-0.25, -0.2) is 4.98 Å². The van der Waals surface area contributed by atoms with Gasteiger partial charge in [-0.3, -0.25) is 9.59 Å². The van der Waals surface area contributed by atoms with Crippen LogP contribution in [0.1, 0.15) is 23.7 Å². The molecule has 2 heterocycles. The Labute approximate surface area is 122 Å². The average Bonchev–Trinajstić information content (AvgIpc) is 2.99. The van der Waals surface area contributed by atoms with Gasteiger partial charge in [-0.1, -0.05) is 0 Å². The largest absolute Gasteiger partial charge is 0.471 e. The fourth-order valence-corrected chi connectivity index (χ4v) is 1.88. The van der Waals surface area contributed by atoms with Gasteiger partial charge in [-0.05, 0) is 19.1 Å². The fraction of sp³-hybridized carbons (Fsp3) is 0.500. The molecule has 0 radical (unpaired) electrons. The van der Waals surface area contributed by atoms with Gasteiger partial charge in [0.15, 0.2) is 0 Å². The second kappa shape index (κ2) is 7.58. The van der Waals surface area contributed by atoms with E-state index in [1.54, 1.807) is 25.3 Å². The van der Waals surface area contributed by atoms with Crippen LogP contribution >= 0.6 is 0 Å². The van der Waals surface area contributed by atoms with Crippen molar-refractivity contribution in [1.82, 2.24) is 10.3 Å². The predicted octanol–water partition coefficient (Wildman–Crippen LogP) is 0.542. The maximum Gasteiger partial charge on any atom is 0.325 e. The molecule has 1 fully saturated rings. The number of hydrogen-bond donors (Lipinski definition) is 1. The van der Waals surface area contributed by atoms with Crippen molar-refractivity contribution < 1.29 is 23.8 Å². The zero-order valence-electron chi connectivity index (χ0n) is 11.8. The van der Waals surface area contributed by atoms with Crippen LogP contribution in [-0.4, -0.2) is 49.3 Å². The van der Waals surface area contributed by atoms with Crippen LogP contribution in [0.2, 0.25) is 0 Å². The first-order valence-electron chi connectivity index (χ1n) is 6.84. The summed E-state index contributed by atoms with van der Waals surface area (Å²) in [5.41, 5.74) is 0.286. The highest BCUT2D eigenvalue weighted by Crippen LogP contribution is 2.19. The van der Waals surface area contributed by atoms with Gasteiger partial charge in [0.05, 0.1) is 19.8 Å². The Kier molecular flexibility index (Phi) is 5.51. The van der Waals surface area contributed by atoms with E-state index in [4.69, 9.17) is 14.2 Å². The molecule has 0 saturated carbocycles. The lowest BCUT2D eigenvalue weighted by Gasteiger charge is -2.13. The number of amides is 1. The van der Waals surface area contributed by atoms with Gasteiger partial charge >= 0.3 is 5.97 Å². The van der Waals surface area contributed by atoms with E-state index < -0.39 is 11.9 Å². The third-order valence-electron chi connectivity index (χ3n) is 2.88. The van der Waals surface area contributed by atoms with Crippen molar-refractivity contribution >= 4 is 11.9 Å². The van der Waals surface area contributed by atoms with E-state index in [0.717, 1.165) is 6.42 Å². The van der Waals surface area contributed by atoms with E-state index in [2.05, 4.69) is 10.3 Å². The predicted molar refractivity (Wildman–Crippen MR) is 73.1 cm³/mol. The molecule has 1 saturated heterocycles. The number of carbonyl (C=O) groups is 2. The van der Waals surface area contributed by atoms with Crippen LogP contribution in [0.15, 0.2) is 18.3 Å². The third kappa shape index (κ3) is 4.42. The molecule has 21 heavy (non-hydrogen) atoms. The Morgan fingerprint density at radius 2 is 2.38 bits per heavy atom. The average molecular weight is 294 g/mol. The molecule has 0 unspecified atom stereocenters. The van der Waals surface area contributed by atoms with Crippen molar-refractivity contribution in [2.24, 2.45) is 0 Å². The smallest absolute Gasteiger partial charge is 0.325 e. The van der Waals surface area contributed by atoms with Crippen LogP contribution in [0.25, 0.3) is 0 Å². The SMILES string of the molecule is CCOC(=O)CNC(=O)c1cccnc1O[C@@H]1CCOC1. The van der Waals surface area contributed by atoms with Crippen LogP contribution < -0.4 is 10.1 Å². The van der Waals surface area contributed by atoms with E-state index in [-0.39, 0.29) is 30.7 Å². The highest BCUT2D eigenvalue weighted by Gasteiger charge is 2.21. The first-order chi connectivity index (χ1) is 10.2. The van der Waals surface area contributed by atoms with Crippen LogP contribution in [0.4, 0.5) is 0 Å². The summed E-state index contributed by atoms with van der Waals surface area (Å²) in [7, 11) is 0. The summed E-state index contributed by atoms with van der Waals surface area (Å²) in [4.78, 5) is 27.4. The van der Waals surface area contributed by atoms with Gasteiger partial charge < -0.3 is 19.5 Å². The highest BCUT2D eigenvalue weighted by atomic mass is 16.6. The molecule has 1 aromatic heterocycles. The molecule has 7 nitrogen and oxygen atoms in total. The summed E-state index contributed by atoms with van der Waals surface area (Å²) in [5.74, 6) is -0.666. The summed E-state index contributed by atoms with van der Waals surface area (Å²) < 4.78 is 15.6. The minimum atomic E-state index is -0.485. The van der Waals surface area contributed by atoms with Crippen molar-refractivity contribution in [1.29, 1.82) is 0 Å². The summed E-state index contributed by atoms with van der Waals surface area (Å²) >= 11 is 0. The highest BCUT2D eigenvalue weighted by molar-refractivity contribution is 5.97. The molecule has 1 aliphatic rings. The quantitative estimate of drug-likeness (QED) is 0.771. The van der Waals surface area contributed by atoms with Gasteiger partial charge in [0, 0.05) is 12.6 Å². The third-order valence-corrected chi connectivity index (χ3v) is 2.88. The van der Waals surface area contributed by atoms with Crippen molar-refractivity contribution in [3.63, 3.8) is 0 Å². The molecule has 7 heteroatoms. The lowest BCUT2D eigenvalue weighted by Crippen LogP contribution is -2.31. The summed E-state index contributed by atoms with van der Waals surface area (Å²) in [5, 5.41) is 2.48. The van der Waals surface area contributed by atoms with Crippen LogP contribution in [0.3, 0.4) is 0 Å². The molecular formula is C14H18N2O5. The molecule has 0 aliphatic carbocycles. The number of carbonyl (C=O) groups excluding carboxylic acids is 2. The van der Waals surface area contributed by atoms with Gasteiger partial charge in [0.2, 0.25) is 5.88 Å². The summed E-state index contributed by atoms with van der Waals surface area (Å²) in [6.07, 6.45) is 2.21. The number of hydrogen-bond acceptors (Lipinski definition) is 6. The Hall–Kier alpha value is -2.15. The summed E-state index contributed by atoms with van der Waals surface area (Å²) in [6, 6.07) is 3.23. The number of nitrogens with zero attached hydrogens (tertiary/aromatic N) is 1. The van der Waals surface area contributed by atoms with Crippen molar-refractivity contribution in [3.05, 3.63) is 23.9 Å². The lowest BCUT2D eigenvalue weighted by atomic mass is 10.2. The number of esters is 1. The Balaban J connectivity index is 1.97. The van der Waals surface area contributed by atoms with E-state index in [0.29, 0.717) is 13.2 Å². The number of rotatable bonds is 6. The van der Waals surface area contributed by atoms with Crippen LogP contribution in [0, 0.1) is 0 Å².